The Bertz CT molecular complexity index is 829. The van der Waals surface area contributed by atoms with Crippen LogP contribution in [0.25, 0.3) is 0 Å². The lowest BCUT2D eigenvalue weighted by molar-refractivity contribution is -0.140. The number of likely N-dealkylation sites (N-methyl/N-ethyl adjacent to an activating group) is 1. The van der Waals surface area contributed by atoms with Crippen molar-refractivity contribution in [3.63, 3.8) is 0 Å². The molecule has 0 fully saturated rings. The molecule has 1 heterocycles. The predicted molar refractivity (Wildman–Crippen MR) is 99.6 cm³/mol. The average molecular weight is 434 g/mol. The maximum Gasteiger partial charge on any atom is 0.456 e. The van der Waals surface area contributed by atoms with Gasteiger partial charge in [-0.1, -0.05) is 0 Å². The van der Waals surface area contributed by atoms with Gasteiger partial charge in [0.05, 0.1) is 26.0 Å². The number of carbonyl (C=O) groups is 3. The molecule has 0 aromatic carbocycles. The van der Waals surface area contributed by atoms with Crippen LogP contribution in [0.2, 0.25) is 0 Å². The standard InChI is InChI=1S/C19H25F3N2O6/c1-11-7-14(17(26)19(20,21)22)24(10-28-4)13(11)8-12(2)23(3)15(18(27)30-6)9-16(25)29-5/h7,9,12H,8,10H2,1-6H3/b15-9+. The third-order valence-electron chi connectivity index (χ3n) is 4.55. The molecule has 1 aromatic rings. The van der Waals surface area contributed by atoms with Crippen molar-refractivity contribution in [2.45, 2.75) is 39.2 Å². The van der Waals surface area contributed by atoms with Crippen molar-refractivity contribution in [2.75, 3.05) is 28.4 Å². The van der Waals surface area contributed by atoms with Gasteiger partial charge in [0.2, 0.25) is 0 Å². The van der Waals surface area contributed by atoms with E-state index >= 15 is 0 Å². The monoisotopic (exact) mass is 434 g/mol. The number of ketones is 1. The van der Waals surface area contributed by atoms with Crippen molar-refractivity contribution in [3.8, 4) is 0 Å². The van der Waals surface area contributed by atoms with Crippen LogP contribution in [0.3, 0.4) is 0 Å². The number of carbonyl (C=O) groups excluding carboxylic acids is 3. The fourth-order valence-electron chi connectivity index (χ4n) is 2.84. The van der Waals surface area contributed by atoms with E-state index < -0.39 is 35.6 Å². The van der Waals surface area contributed by atoms with Crippen molar-refractivity contribution >= 4 is 17.7 Å². The Kier molecular flexibility index (Phi) is 8.64. The molecule has 0 radical (unpaired) electrons. The molecule has 0 N–H and O–H groups in total. The van der Waals surface area contributed by atoms with E-state index in [1.54, 1.807) is 13.8 Å². The van der Waals surface area contributed by atoms with Gasteiger partial charge in [-0.15, -0.1) is 0 Å². The smallest absolute Gasteiger partial charge is 0.456 e. The minimum atomic E-state index is -5.03. The first kappa shape index (κ1) is 25.2. The Morgan fingerprint density at radius 3 is 2.27 bits per heavy atom. The molecule has 0 aliphatic heterocycles. The fraction of sp³-hybridized carbons (Fsp3) is 0.526. The maximum atomic E-state index is 13.0. The van der Waals surface area contributed by atoms with E-state index in [-0.39, 0.29) is 18.8 Å². The molecule has 1 unspecified atom stereocenters. The molecule has 168 valence electrons. The lowest BCUT2D eigenvalue weighted by Gasteiger charge is -2.28. The number of methoxy groups -OCH3 is 3. The van der Waals surface area contributed by atoms with Crippen LogP contribution in [-0.4, -0.2) is 67.8 Å². The number of aromatic nitrogens is 1. The van der Waals surface area contributed by atoms with Gasteiger partial charge in [0.1, 0.15) is 12.4 Å². The van der Waals surface area contributed by atoms with Crippen molar-refractivity contribution in [3.05, 3.63) is 34.8 Å². The fourth-order valence-corrected chi connectivity index (χ4v) is 2.84. The summed E-state index contributed by atoms with van der Waals surface area (Å²) in [4.78, 5) is 36.9. The third-order valence-corrected chi connectivity index (χ3v) is 4.55. The molecule has 0 saturated carbocycles. The number of aryl methyl sites for hydroxylation is 1. The Morgan fingerprint density at radius 1 is 1.20 bits per heavy atom. The van der Waals surface area contributed by atoms with E-state index in [1.807, 2.05) is 0 Å². The van der Waals surface area contributed by atoms with Crippen molar-refractivity contribution in [1.29, 1.82) is 0 Å². The Balaban J connectivity index is 3.32. The molecule has 30 heavy (non-hydrogen) atoms. The first-order chi connectivity index (χ1) is 13.9. The van der Waals surface area contributed by atoms with Crippen LogP contribution >= 0.6 is 0 Å². The van der Waals surface area contributed by atoms with Crippen LogP contribution in [-0.2, 0) is 37.0 Å². The maximum absolute atomic E-state index is 13.0. The first-order valence-corrected chi connectivity index (χ1v) is 8.79. The van der Waals surface area contributed by atoms with Gasteiger partial charge in [-0.25, -0.2) is 9.59 Å². The molecule has 0 saturated heterocycles. The number of Topliss-reactive ketones (excluding diaryl/α,β-unsaturated/α-hetero) is 1. The van der Waals surface area contributed by atoms with Gasteiger partial charge in [0, 0.05) is 32.3 Å². The van der Waals surface area contributed by atoms with Gasteiger partial charge in [0.15, 0.2) is 0 Å². The van der Waals surface area contributed by atoms with Crippen molar-refractivity contribution < 1.29 is 41.8 Å². The molecular weight excluding hydrogens is 409 g/mol. The average Bonchev–Trinajstić information content (AvgIpc) is 2.98. The minimum absolute atomic E-state index is 0.0917. The lowest BCUT2D eigenvalue weighted by Crippen LogP contribution is -2.35. The Labute approximate surface area is 172 Å². The van der Waals surface area contributed by atoms with E-state index in [0.29, 0.717) is 11.3 Å². The number of hydrogen-bond acceptors (Lipinski definition) is 7. The minimum Gasteiger partial charge on any atom is -0.466 e. The zero-order valence-corrected chi connectivity index (χ0v) is 17.6. The SMILES string of the molecule is COCn1c(C(=O)C(F)(F)F)cc(C)c1CC(C)N(C)/C(=C/C(=O)OC)C(=O)OC. The number of hydrogen-bond donors (Lipinski definition) is 0. The predicted octanol–water partition coefficient (Wildman–Crippen LogP) is 2.24. The summed E-state index contributed by atoms with van der Waals surface area (Å²) in [6.07, 6.45) is -3.92. The summed E-state index contributed by atoms with van der Waals surface area (Å²) < 4.78 is 54.2. The molecule has 1 atom stereocenters. The van der Waals surface area contributed by atoms with Crippen LogP contribution in [0.5, 0.6) is 0 Å². The highest BCUT2D eigenvalue weighted by Crippen LogP contribution is 2.27. The molecule has 0 amide bonds. The molecule has 8 nitrogen and oxygen atoms in total. The van der Waals surface area contributed by atoms with Gasteiger partial charge < -0.3 is 23.7 Å². The number of ether oxygens (including phenoxy) is 3. The molecule has 0 aliphatic carbocycles. The van der Waals surface area contributed by atoms with Crippen LogP contribution in [0, 0.1) is 6.92 Å². The van der Waals surface area contributed by atoms with Crippen LogP contribution < -0.4 is 0 Å². The van der Waals surface area contributed by atoms with Gasteiger partial charge in [0.25, 0.3) is 5.78 Å². The molecule has 11 heteroatoms. The second-order valence-electron chi connectivity index (χ2n) is 6.54. The van der Waals surface area contributed by atoms with E-state index in [4.69, 9.17) is 4.74 Å². The summed E-state index contributed by atoms with van der Waals surface area (Å²) in [5.74, 6) is -3.53. The van der Waals surface area contributed by atoms with Crippen molar-refractivity contribution in [1.82, 2.24) is 9.47 Å². The third kappa shape index (κ3) is 5.85. The number of alkyl halides is 3. The summed E-state index contributed by atoms with van der Waals surface area (Å²) >= 11 is 0. The Morgan fingerprint density at radius 2 is 1.80 bits per heavy atom. The molecule has 1 rings (SSSR count). The second kappa shape index (κ2) is 10.3. The first-order valence-electron chi connectivity index (χ1n) is 8.79. The summed E-state index contributed by atoms with van der Waals surface area (Å²) in [7, 11) is 5.12. The van der Waals surface area contributed by atoms with Gasteiger partial charge >= 0.3 is 18.1 Å². The quantitative estimate of drug-likeness (QED) is 0.335. The van der Waals surface area contributed by atoms with Gasteiger partial charge in [-0.05, 0) is 25.5 Å². The summed E-state index contributed by atoms with van der Waals surface area (Å²) in [6.45, 7) is 3.01. The summed E-state index contributed by atoms with van der Waals surface area (Å²) in [6, 6.07) is 0.681. The largest absolute Gasteiger partial charge is 0.466 e. The second-order valence-corrected chi connectivity index (χ2v) is 6.54. The van der Waals surface area contributed by atoms with E-state index in [9.17, 15) is 27.6 Å². The number of esters is 2. The van der Waals surface area contributed by atoms with Gasteiger partial charge in [-0.3, -0.25) is 4.79 Å². The summed E-state index contributed by atoms with van der Waals surface area (Å²) in [5, 5.41) is 0. The van der Waals surface area contributed by atoms with Crippen LogP contribution in [0.15, 0.2) is 17.8 Å². The highest BCUT2D eigenvalue weighted by molar-refractivity contribution is 5.99. The Hall–Kier alpha value is -2.82. The number of halogens is 3. The number of nitrogens with zero attached hydrogens (tertiary/aromatic N) is 2. The zero-order valence-electron chi connectivity index (χ0n) is 17.6. The molecular formula is C19H25F3N2O6. The summed E-state index contributed by atoms with van der Waals surface area (Å²) in [5.41, 5.74) is 0.249. The molecule has 0 aliphatic rings. The highest BCUT2D eigenvalue weighted by atomic mass is 19.4. The molecule has 0 spiro atoms. The van der Waals surface area contributed by atoms with E-state index in [2.05, 4.69) is 9.47 Å². The van der Waals surface area contributed by atoms with Crippen LogP contribution in [0.1, 0.15) is 28.7 Å². The molecule has 1 aromatic heterocycles. The lowest BCUT2D eigenvalue weighted by atomic mass is 10.1. The van der Waals surface area contributed by atoms with Crippen LogP contribution in [0.4, 0.5) is 13.2 Å². The molecule has 0 bridgehead atoms. The highest BCUT2D eigenvalue weighted by Gasteiger charge is 2.41. The normalized spacial score (nSPS) is 13.0. The zero-order chi connectivity index (χ0) is 23.2. The van der Waals surface area contributed by atoms with E-state index in [1.165, 1.54) is 19.1 Å². The van der Waals surface area contributed by atoms with Crippen molar-refractivity contribution in [2.24, 2.45) is 0 Å². The van der Waals surface area contributed by atoms with E-state index in [0.717, 1.165) is 30.9 Å². The topological polar surface area (TPSA) is 87.1 Å². The number of rotatable bonds is 9. The van der Waals surface area contributed by atoms with Gasteiger partial charge in [-0.2, -0.15) is 13.2 Å².